The van der Waals surface area contributed by atoms with Crippen LogP contribution >= 0.6 is 0 Å². The third kappa shape index (κ3) is 4.56. The summed E-state index contributed by atoms with van der Waals surface area (Å²) in [7, 11) is 1.38. The Morgan fingerprint density at radius 1 is 1.36 bits per heavy atom. The summed E-state index contributed by atoms with van der Waals surface area (Å²) in [6, 6.07) is 5.38. The maximum atomic E-state index is 12.7. The molecule has 0 spiro atoms. The number of anilines is 1. The summed E-state index contributed by atoms with van der Waals surface area (Å²) in [6.45, 7) is 4.34. The van der Waals surface area contributed by atoms with E-state index in [4.69, 9.17) is 9.72 Å². The van der Waals surface area contributed by atoms with Crippen molar-refractivity contribution in [2.24, 2.45) is 0 Å². The van der Waals surface area contributed by atoms with Crippen molar-refractivity contribution in [2.75, 3.05) is 18.6 Å². The average molecular weight is 455 g/mol. The molecule has 2 amide bonds. The van der Waals surface area contributed by atoms with Crippen molar-refractivity contribution in [3.8, 4) is 0 Å². The van der Waals surface area contributed by atoms with E-state index in [9.17, 15) is 14.7 Å². The van der Waals surface area contributed by atoms with Crippen LogP contribution in [0.4, 0.5) is 10.5 Å². The van der Waals surface area contributed by atoms with Crippen molar-refractivity contribution < 1.29 is 19.4 Å². The van der Waals surface area contributed by atoms with E-state index in [1.54, 1.807) is 18.0 Å². The van der Waals surface area contributed by atoms with Crippen LogP contribution in [0.15, 0.2) is 30.6 Å². The van der Waals surface area contributed by atoms with Crippen molar-refractivity contribution in [1.82, 2.24) is 24.6 Å². The first-order valence-corrected chi connectivity index (χ1v) is 11.2. The van der Waals surface area contributed by atoms with Gasteiger partial charge >= 0.3 is 6.09 Å². The van der Waals surface area contributed by atoms with E-state index in [1.165, 1.54) is 7.11 Å². The Hall–Kier alpha value is -3.40. The molecule has 1 aromatic carbocycles. The van der Waals surface area contributed by atoms with Crippen molar-refractivity contribution in [3.63, 3.8) is 0 Å². The number of aliphatic hydroxyl groups is 1. The lowest BCUT2D eigenvalue weighted by molar-refractivity contribution is -0.122. The minimum absolute atomic E-state index is 0.0227. The van der Waals surface area contributed by atoms with Crippen LogP contribution in [0.3, 0.4) is 0 Å². The van der Waals surface area contributed by atoms with E-state index >= 15 is 0 Å². The Labute approximate surface area is 192 Å². The van der Waals surface area contributed by atoms with E-state index in [-0.39, 0.29) is 31.1 Å². The lowest BCUT2D eigenvalue weighted by Gasteiger charge is -2.34. The number of amides is 2. The molecule has 0 saturated carbocycles. The molecule has 3 heterocycles. The van der Waals surface area contributed by atoms with Gasteiger partial charge in [-0.2, -0.15) is 5.10 Å². The Morgan fingerprint density at radius 2 is 2.18 bits per heavy atom. The highest BCUT2D eigenvalue weighted by atomic mass is 16.5. The summed E-state index contributed by atoms with van der Waals surface area (Å²) in [5, 5.41) is 16.3. The maximum absolute atomic E-state index is 12.7. The summed E-state index contributed by atoms with van der Waals surface area (Å²) >= 11 is 0. The van der Waals surface area contributed by atoms with Gasteiger partial charge in [-0.25, -0.2) is 9.78 Å². The number of hydrogen-bond acceptors (Lipinski definition) is 6. The smallest absolute Gasteiger partial charge is 0.414 e. The molecule has 1 aliphatic heterocycles. The number of nitrogens with zero attached hydrogens (tertiary/aromatic N) is 5. The molecule has 1 aliphatic rings. The maximum Gasteiger partial charge on any atom is 0.414 e. The first kappa shape index (κ1) is 22.8. The Kier molecular flexibility index (Phi) is 6.64. The number of aryl methyl sites for hydroxylation is 3. The molecule has 3 aromatic rings. The number of carbonyl (C=O) groups is 2. The zero-order valence-electron chi connectivity index (χ0n) is 19.2. The molecule has 0 radical (unpaired) electrons. The number of methoxy groups -OCH3 is 1. The summed E-state index contributed by atoms with van der Waals surface area (Å²) in [4.78, 5) is 31.7. The molecule has 10 nitrogen and oxygen atoms in total. The van der Waals surface area contributed by atoms with Gasteiger partial charge in [0.2, 0.25) is 5.91 Å². The Balaban J connectivity index is 1.75. The SMILES string of the molecule is COC(=O)N1c2ccc3c(nc(CCn4cccn4)n3CC(=O)N[C@H](C)CO)c2CC[C@@H]1C. The standard InChI is InChI=1S/C23H30N6O4/c1-15(14-30)25-21(31)13-28-19-8-7-18-17(6-5-16(2)29(18)23(32)33-3)22(19)26-20(28)9-12-27-11-4-10-24-27/h4,7-8,10-11,15-16,30H,5-6,9,12-14H2,1-3H3,(H,25,31)/t15-,16+/m1/s1. The predicted octanol–water partition coefficient (Wildman–Crippen LogP) is 1.88. The van der Waals surface area contributed by atoms with Crippen molar-refractivity contribution in [3.05, 3.63) is 42.0 Å². The number of aliphatic hydroxyl groups excluding tert-OH is 1. The second-order valence-electron chi connectivity index (χ2n) is 8.44. The number of fused-ring (bicyclic) bond motifs is 3. The number of nitrogens with one attached hydrogen (secondary N) is 1. The summed E-state index contributed by atoms with van der Waals surface area (Å²) < 4.78 is 8.76. The van der Waals surface area contributed by atoms with Gasteiger partial charge in [0.1, 0.15) is 12.4 Å². The van der Waals surface area contributed by atoms with Crippen LogP contribution < -0.4 is 10.2 Å². The van der Waals surface area contributed by atoms with Crippen LogP contribution in [-0.4, -0.2) is 62.2 Å². The number of ether oxygens (including phenoxy) is 1. The fourth-order valence-corrected chi connectivity index (χ4v) is 4.38. The van der Waals surface area contributed by atoms with Gasteiger partial charge in [0.15, 0.2) is 0 Å². The fourth-order valence-electron chi connectivity index (χ4n) is 4.38. The van der Waals surface area contributed by atoms with Crippen molar-refractivity contribution in [1.29, 1.82) is 0 Å². The van der Waals surface area contributed by atoms with E-state index in [1.807, 2.05) is 40.6 Å². The topological polar surface area (TPSA) is 115 Å². The predicted molar refractivity (Wildman–Crippen MR) is 123 cm³/mol. The molecule has 2 N–H and O–H groups in total. The second kappa shape index (κ2) is 9.62. The van der Waals surface area contributed by atoms with Crippen LogP contribution in [0.25, 0.3) is 11.0 Å². The second-order valence-corrected chi connectivity index (χ2v) is 8.44. The molecule has 10 heteroatoms. The highest BCUT2D eigenvalue weighted by Crippen LogP contribution is 2.36. The van der Waals surface area contributed by atoms with Crippen LogP contribution in [0.2, 0.25) is 0 Å². The number of benzene rings is 1. The lowest BCUT2D eigenvalue weighted by atomic mass is 9.96. The molecule has 33 heavy (non-hydrogen) atoms. The number of rotatable bonds is 7. The molecule has 176 valence electrons. The third-order valence-corrected chi connectivity index (χ3v) is 6.07. The Bertz CT molecular complexity index is 1140. The van der Waals surface area contributed by atoms with Crippen molar-refractivity contribution >= 4 is 28.7 Å². The average Bonchev–Trinajstić information content (AvgIpc) is 3.45. The summed E-state index contributed by atoms with van der Waals surface area (Å²) in [5.41, 5.74) is 3.43. The van der Waals surface area contributed by atoms with E-state index < -0.39 is 6.09 Å². The third-order valence-electron chi connectivity index (χ3n) is 6.07. The van der Waals surface area contributed by atoms with Gasteiger partial charge in [0.05, 0.1) is 30.4 Å². The molecule has 0 saturated heterocycles. The lowest BCUT2D eigenvalue weighted by Crippen LogP contribution is -2.42. The number of hydrogen-bond donors (Lipinski definition) is 2. The van der Waals surface area contributed by atoms with Gasteiger partial charge in [-0.15, -0.1) is 0 Å². The number of imidazole rings is 1. The van der Waals surface area contributed by atoms with Crippen LogP contribution in [0.5, 0.6) is 0 Å². The molecule has 0 aliphatic carbocycles. The van der Waals surface area contributed by atoms with Gasteiger partial charge in [-0.1, -0.05) is 0 Å². The normalized spacial score (nSPS) is 16.5. The molecular formula is C23H30N6O4. The largest absolute Gasteiger partial charge is 0.452 e. The van der Waals surface area contributed by atoms with Gasteiger partial charge in [0, 0.05) is 43.0 Å². The van der Waals surface area contributed by atoms with Crippen LogP contribution in [0, 0.1) is 0 Å². The van der Waals surface area contributed by atoms with Gasteiger partial charge < -0.3 is 19.7 Å². The first-order valence-electron chi connectivity index (χ1n) is 11.2. The quantitative estimate of drug-likeness (QED) is 0.563. The first-order chi connectivity index (χ1) is 15.9. The molecular weight excluding hydrogens is 424 g/mol. The van der Waals surface area contributed by atoms with E-state index in [2.05, 4.69) is 10.4 Å². The zero-order chi connectivity index (χ0) is 23.5. The fraction of sp³-hybridized carbons (Fsp3) is 0.478. The molecule has 0 bridgehead atoms. The molecule has 2 aromatic heterocycles. The molecule has 4 rings (SSSR count). The van der Waals surface area contributed by atoms with Gasteiger partial charge in [0.25, 0.3) is 0 Å². The monoisotopic (exact) mass is 454 g/mol. The zero-order valence-corrected chi connectivity index (χ0v) is 19.2. The number of carbonyl (C=O) groups excluding carboxylic acids is 2. The van der Waals surface area contributed by atoms with E-state index in [0.29, 0.717) is 13.0 Å². The Morgan fingerprint density at radius 3 is 2.88 bits per heavy atom. The molecule has 0 unspecified atom stereocenters. The molecule has 2 atom stereocenters. The minimum atomic E-state index is -0.390. The summed E-state index contributed by atoms with van der Waals surface area (Å²) in [6.07, 6.45) is 5.39. The number of aromatic nitrogens is 4. The van der Waals surface area contributed by atoms with Gasteiger partial charge in [-0.3, -0.25) is 14.4 Å². The van der Waals surface area contributed by atoms with E-state index in [0.717, 1.165) is 41.0 Å². The van der Waals surface area contributed by atoms with Crippen LogP contribution in [-0.2, 0) is 35.5 Å². The van der Waals surface area contributed by atoms with Gasteiger partial charge in [-0.05, 0) is 44.9 Å². The highest BCUT2D eigenvalue weighted by molar-refractivity contribution is 5.95. The van der Waals surface area contributed by atoms with Crippen LogP contribution in [0.1, 0.15) is 31.7 Å². The van der Waals surface area contributed by atoms with Crippen molar-refractivity contribution in [2.45, 2.75) is 58.3 Å². The summed E-state index contributed by atoms with van der Waals surface area (Å²) in [5.74, 6) is 0.572. The highest BCUT2D eigenvalue weighted by Gasteiger charge is 2.31. The molecule has 0 fully saturated rings. The minimum Gasteiger partial charge on any atom is -0.452 e.